The fourth-order valence-corrected chi connectivity index (χ4v) is 3.71. The molecule has 2 aliphatic carbocycles. The summed E-state index contributed by atoms with van der Waals surface area (Å²) in [5.74, 6) is 0.227. The number of methoxy groups -OCH3 is 1. The van der Waals surface area contributed by atoms with Crippen LogP contribution in [-0.2, 0) is 9.53 Å². The van der Waals surface area contributed by atoms with Crippen LogP contribution in [0.25, 0.3) is 0 Å². The smallest absolute Gasteiger partial charge is 0.311 e. The Balaban J connectivity index is 1.75. The first-order valence-corrected chi connectivity index (χ1v) is 6.99. The van der Waals surface area contributed by atoms with Crippen molar-refractivity contribution in [2.75, 3.05) is 7.11 Å². The van der Waals surface area contributed by atoms with Gasteiger partial charge < -0.3 is 10.1 Å². The number of carbonyl (C=O) groups is 2. The van der Waals surface area contributed by atoms with E-state index in [0.717, 1.165) is 19.3 Å². The number of nitrogens with one attached hydrogen (secondary N) is 1. The number of carbonyl (C=O) groups excluding carboxylic acids is 2. The van der Waals surface area contributed by atoms with Crippen LogP contribution in [0, 0.1) is 17.8 Å². The molecule has 20 heavy (non-hydrogen) atoms. The van der Waals surface area contributed by atoms with Crippen molar-refractivity contribution in [2.24, 2.45) is 17.8 Å². The van der Waals surface area contributed by atoms with E-state index in [-0.39, 0.29) is 23.8 Å². The lowest BCUT2D eigenvalue weighted by atomic mass is 9.84. The summed E-state index contributed by atoms with van der Waals surface area (Å²) in [5.41, 5.74) is 0.575. The number of ether oxygens (including phenoxy) is 1. The standard InChI is InChI=1S/C15H18N2O3/c1-20-15(19)12-10-2-3-11(8-10)13(12)17-14(18)9-4-6-16-7-5-9/h4-7,10-13H,2-3,8H2,1H3,(H,17,18). The second-order valence-corrected chi connectivity index (χ2v) is 5.62. The van der Waals surface area contributed by atoms with Crippen molar-refractivity contribution in [1.82, 2.24) is 10.3 Å². The van der Waals surface area contributed by atoms with E-state index >= 15 is 0 Å². The zero-order valence-corrected chi connectivity index (χ0v) is 11.4. The van der Waals surface area contributed by atoms with Crippen molar-refractivity contribution in [2.45, 2.75) is 25.3 Å². The molecule has 0 aromatic carbocycles. The molecule has 2 bridgehead atoms. The Hall–Kier alpha value is -1.91. The maximum absolute atomic E-state index is 12.2. The van der Waals surface area contributed by atoms with E-state index in [0.29, 0.717) is 17.4 Å². The lowest BCUT2D eigenvalue weighted by Crippen LogP contribution is -2.47. The van der Waals surface area contributed by atoms with E-state index in [1.807, 2.05) is 0 Å². The number of rotatable bonds is 3. The van der Waals surface area contributed by atoms with Crippen LogP contribution in [0.1, 0.15) is 29.6 Å². The average molecular weight is 274 g/mol. The summed E-state index contributed by atoms with van der Waals surface area (Å²) in [7, 11) is 1.41. The highest BCUT2D eigenvalue weighted by molar-refractivity contribution is 5.94. The zero-order chi connectivity index (χ0) is 14.1. The molecule has 5 nitrogen and oxygen atoms in total. The first-order valence-electron chi connectivity index (χ1n) is 6.99. The SMILES string of the molecule is COC(=O)C1C2CCC(C2)C1NC(=O)c1ccncc1. The molecule has 0 radical (unpaired) electrons. The number of amides is 1. The van der Waals surface area contributed by atoms with Crippen molar-refractivity contribution in [3.63, 3.8) is 0 Å². The topological polar surface area (TPSA) is 68.3 Å². The summed E-state index contributed by atoms with van der Waals surface area (Å²) in [4.78, 5) is 28.1. The minimum absolute atomic E-state index is 0.0955. The molecule has 0 aliphatic heterocycles. The van der Waals surface area contributed by atoms with Crippen LogP contribution >= 0.6 is 0 Å². The Kier molecular flexibility index (Phi) is 3.42. The monoisotopic (exact) mass is 274 g/mol. The molecular weight excluding hydrogens is 256 g/mol. The third kappa shape index (κ3) is 2.17. The summed E-state index contributed by atoms with van der Waals surface area (Å²) in [6, 6.07) is 3.26. The van der Waals surface area contributed by atoms with E-state index < -0.39 is 0 Å². The summed E-state index contributed by atoms with van der Waals surface area (Å²) in [5, 5.41) is 3.02. The van der Waals surface area contributed by atoms with Gasteiger partial charge in [-0.05, 0) is 43.2 Å². The molecule has 1 aromatic heterocycles. The Morgan fingerprint density at radius 3 is 2.65 bits per heavy atom. The third-order valence-electron chi connectivity index (χ3n) is 4.63. The molecule has 5 heteroatoms. The summed E-state index contributed by atoms with van der Waals surface area (Å²) >= 11 is 0. The van der Waals surface area contributed by atoms with Crippen molar-refractivity contribution in [1.29, 1.82) is 0 Å². The molecule has 2 fully saturated rings. The second kappa shape index (κ2) is 5.23. The van der Waals surface area contributed by atoms with Crippen LogP contribution in [0.2, 0.25) is 0 Å². The minimum Gasteiger partial charge on any atom is -0.469 e. The van der Waals surface area contributed by atoms with Gasteiger partial charge >= 0.3 is 5.97 Å². The number of fused-ring (bicyclic) bond motifs is 2. The predicted octanol–water partition coefficient (Wildman–Crippen LogP) is 1.40. The summed E-state index contributed by atoms with van der Waals surface area (Å²) < 4.78 is 4.90. The van der Waals surface area contributed by atoms with Gasteiger partial charge in [0.05, 0.1) is 13.0 Å². The van der Waals surface area contributed by atoms with Crippen LogP contribution < -0.4 is 5.32 Å². The van der Waals surface area contributed by atoms with Gasteiger partial charge in [-0.3, -0.25) is 14.6 Å². The second-order valence-electron chi connectivity index (χ2n) is 5.62. The van der Waals surface area contributed by atoms with Gasteiger partial charge in [0.1, 0.15) is 0 Å². The van der Waals surface area contributed by atoms with Gasteiger partial charge in [-0.25, -0.2) is 0 Å². The molecule has 4 atom stereocenters. The van der Waals surface area contributed by atoms with Crippen LogP contribution in [0.15, 0.2) is 24.5 Å². The lowest BCUT2D eigenvalue weighted by molar-refractivity contribution is -0.148. The quantitative estimate of drug-likeness (QED) is 0.846. The number of pyridine rings is 1. The van der Waals surface area contributed by atoms with Crippen LogP contribution in [0.5, 0.6) is 0 Å². The maximum Gasteiger partial charge on any atom is 0.311 e. The fraction of sp³-hybridized carbons (Fsp3) is 0.533. The molecule has 2 saturated carbocycles. The number of esters is 1. The predicted molar refractivity (Wildman–Crippen MR) is 71.8 cm³/mol. The maximum atomic E-state index is 12.2. The Bertz CT molecular complexity index is 517. The molecule has 3 rings (SSSR count). The third-order valence-corrected chi connectivity index (χ3v) is 4.63. The number of hydrogen-bond acceptors (Lipinski definition) is 4. The van der Waals surface area contributed by atoms with E-state index in [2.05, 4.69) is 10.3 Å². The van der Waals surface area contributed by atoms with E-state index in [4.69, 9.17) is 4.74 Å². The molecule has 1 N–H and O–H groups in total. The molecular formula is C15H18N2O3. The minimum atomic E-state index is -0.197. The number of hydrogen-bond donors (Lipinski definition) is 1. The molecule has 106 valence electrons. The van der Waals surface area contributed by atoms with Gasteiger partial charge in [-0.2, -0.15) is 0 Å². The Morgan fingerprint density at radius 2 is 1.95 bits per heavy atom. The highest BCUT2D eigenvalue weighted by atomic mass is 16.5. The number of aromatic nitrogens is 1. The molecule has 4 unspecified atom stereocenters. The Morgan fingerprint density at radius 1 is 1.25 bits per heavy atom. The molecule has 0 saturated heterocycles. The van der Waals surface area contributed by atoms with Crippen molar-refractivity contribution < 1.29 is 14.3 Å². The summed E-state index contributed by atoms with van der Waals surface area (Å²) in [6.45, 7) is 0. The van der Waals surface area contributed by atoms with Crippen LogP contribution in [0.4, 0.5) is 0 Å². The van der Waals surface area contributed by atoms with Gasteiger partial charge in [-0.15, -0.1) is 0 Å². The summed E-state index contributed by atoms with van der Waals surface area (Å²) in [6.07, 6.45) is 6.34. The lowest BCUT2D eigenvalue weighted by Gasteiger charge is -2.29. The largest absolute Gasteiger partial charge is 0.469 e. The van der Waals surface area contributed by atoms with Crippen molar-refractivity contribution in [3.8, 4) is 0 Å². The highest BCUT2D eigenvalue weighted by Gasteiger charge is 2.52. The first kappa shape index (κ1) is 13.1. The van der Waals surface area contributed by atoms with Gasteiger partial charge in [-0.1, -0.05) is 0 Å². The van der Waals surface area contributed by atoms with Gasteiger partial charge in [0.2, 0.25) is 0 Å². The fourth-order valence-electron chi connectivity index (χ4n) is 3.71. The van der Waals surface area contributed by atoms with E-state index in [1.54, 1.807) is 24.5 Å². The zero-order valence-electron chi connectivity index (χ0n) is 11.4. The normalized spacial score (nSPS) is 31.1. The molecule has 1 aromatic rings. The van der Waals surface area contributed by atoms with Gasteiger partial charge in [0.15, 0.2) is 0 Å². The van der Waals surface area contributed by atoms with Gasteiger partial charge in [0.25, 0.3) is 5.91 Å². The van der Waals surface area contributed by atoms with E-state index in [9.17, 15) is 9.59 Å². The Labute approximate surface area is 117 Å². The van der Waals surface area contributed by atoms with Crippen molar-refractivity contribution >= 4 is 11.9 Å². The van der Waals surface area contributed by atoms with Crippen LogP contribution in [-0.4, -0.2) is 30.0 Å². The van der Waals surface area contributed by atoms with E-state index in [1.165, 1.54) is 7.11 Å². The molecule has 1 amide bonds. The van der Waals surface area contributed by atoms with Crippen molar-refractivity contribution in [3.05, 3.63) is 30.1 Å². The van der Waals surface area contributed by atoms with Gasteiger partial charge in [0, 0.05) is 24.0 Å². The molecule has 1 heterocycles. The molecule has 2 aliphatic rings. The average Bonchev–Trinajstić information content (AvgIpc) is 3.08. The van der Waals surface area contributed by atoms with Crippen LogP contribution in [0.3, 0.4) is 0 Å². The molecule has 0 spiro atoms. The first-order chi connectivity index (χ1) is 9.70. The number of nitrogens with zero attached hydrogens (tertiary/aromatic N) is 1. The highest BCUT2D eigenvalue weighted by Crippen LogP contribution is 2.48.